The normalized spacial score (nSPS) is 10.8. The Morgan fingerprint density at radius 3 is 1.93 bits per heavy atom. The smallest absolute Gasteiger partial charge is 0.372 e. The van der Waals surface area contributed by atoms with Crippen molar-refractivity contribution in [2.24, 2.45) is 0 Å². The molecule has 0 saturated heterocycles. The summed E-state index contributed by atoms with van der Waals surface area (Å²) in [5.41, 5.74) is -0.160. The van der Waals surface area contributed by atoms with Crippen LogP contribution in [-0.2, 0) is 19.2 Å². The van der Waals surface area contributed by atoms with Crippen molar-refractivity contribution in [2.75, 3.05) is 0 Å². The lowest BCUT2D eigenvalue weighted by molar-refractivity contribution is -0.150. The summed E-state index contributed by atoms with van der Waals surface area (Å²) in [6.07, 6.45) is -0.192. The van der Waals surface area contributed by atoms with Crippen molar-refractivity contribution >= 4 is 23.5 Å². The minimum Gasteiger partial charge on any atom is -0.478 e. The number of aliphatic carboxylic acids is 2. The summed E-state index contributed by atoms with van der Waals surface area (Å²) < 4.78 is 0. The van der Waals surface area contributed by atoms with Gasteiger partial charge in [0.05, 0.1) is 6.42 Å². The van der Waals surface area contributed by atoms with Crippen LogP contribution >= 0.6 is 0 Å². The van der Waals surface area contributed by atoms with Crippen molar-refractivity contribution in [2.45, 2.75) is 13.3 Å². The predicted octanol–water partition coefficient (Wildman–Crippen LogP) is -0.370. The van der Waals surface area contributed by atoms with E-state index in [1.807, 2.05) is 0 Å². The second-order valence-corrected chi connectivity index (χ2v) is 2.49. The van der Waals surface area contributed by atoms with Gasteiger partial charge in [0.15, 0.2) is 5.78 Å². The average molecular weight is 200 g/mol. The molecule has 0 bridgehead atoms. The summed E-state index contributed by atoms with van der Waals surface area (Å²) in [6.45, 7) is 1.20. The van der Waals surface area contributed by atoms with Gasteiger partial charge in [0.25, 0.3) is 0 Å². The van der Waals surface area contributed by atoms with Crippen LogP contribution in [0.3, 0.4) is 0 Å². The van der Waals surface area contributed by atoms with E-state index >= 15 is 0 Å². The van der Waals surface area contributed by atoms with Crippen molar-refractivity contribution in [1.29, 1.82) is 0 Å². The molecule has 0 rings (SSSR count). The van der Waals surface area contributed by atoms with E-state index < -0.39 is 29.9 Å². The summed E-state index contributed by atoms with van der Waals surface area (Å²) in [6, 6.07) is 0. The van der Waals surface area contributed by atoms with Crippen LogP contribution in [0.5, 0.6) is 0 Å². The fraction of sp³-hybridized carbons (Fsp3) is 0.250. The van der Waals surface area contributed by atoms with Crippen LogP contribution < -0.4 is 0 Å². The molecule has 76 valence electrons. The van der Waals surface area contributed by atoms with E-state index in [1.54, 1.807) is 0 Å². The topological polar surface area (TPSA) is 109 Å². The van der Waals surface area contributed by atoms with Gasteiger partial charge in [0.2, 0.25) is 5.78 Å². The Labute approximate surface area is 78.8 Å². The van der Waals surface area contributed by atoms with Crippen molar-refractivity contribution in [1.82, 2.24) is 0 Å². The van der Waals surface area contributed by atoms with Crippen LogP contribution in [0.25, 0.3) is 0 Å². The summed E-state index contributed by atoms with van der Waals surface area (Å²) in [7, 11) is 0. The van der Waals surface area contributed by atoms with Crippen LogP contribution in [0.1, 0.15) is 13.3 Å². The number of Topliss-reactive ketones (excluding diaryl/α,β-unsaturated/α-hetero) is 2. The first-order valence-electron chi connectivity index (χ1n) is 3.55. The maximum Gasteiger partial charge on any atom is 0.372 e. The largest absolute Gasteiger partial charge is 0.478 e. The molecule has 0 aromatic carbocycles. The van der Waals surface area contributed by atoms with Crippen LogP contribution in [0.15, 0.2) is 11.6 Å². The molecule has 0 heterocycles. The molecule has 0 unspecified atom stereocenters. The number of carboxylic acids is 2. The summed E-state index contributed by atoms with van der Waals surface area (Å²) in [5, 5.41) is 16.4. The quantitative estimate of drug-likeness (QED) is 0.356. The Bertz CT molecular complexity index is 325. The summed E-state index contributed by atoms with van der Waals surface area (Å²) in [5.74, 6) is -5.09. The van der Waals surface area contributed by atoms with E-state index in [0.29, 0.717) is 6.08 Å². The van der Waals surface area contributed by atoms with Gasteiger partial charge in [-0.2, -0.15) is 0 Å². The average Bonchev–Trinajstić information content (AvgIpc) is 2.02. The zero-order chi connectivity index (χ0) is 11.3. The Morgan fingerprint density at radius 1 is 1.07 bits per heavy atom. The van der Waals surface area contributed by atoms with Crippen molar-refractivity contribution in [3.63, 3.8) is 0 Å². The van der Waals surface area contributed by atoms with Crippen LogP contribution in [-0.4, -0.2) is 33.7 Å². The SMILES string of the molecule is C/C(=C\C(=O)O)C(=O)CC(=O)C(=O)O. The zero-order valence-corrected chi connectivity index (χ0v) is 7.31. The number of carbonyl (C=O) groups is 4. The third-order valence-corrected chi connectivity index (χ3v) is 1.34. The van der Waals surface area contributed by atoms with Gasteiger partial charge in [-0.3, -0.25) is 9.59 Å². The van der Waals surface area contributed by atoms with E-state index in [9.17, 15) is 19.2 Å². The molecule has 0 fully saturated rings. The molecule has 0 radical (unpaired) electrons. The molecule has 6 nitrogen and oxygen atoms in total. The third kappa shape index (κ3) is 4.15. The lowest BCUT2D eigenvalue weighted by Gasteiger charge is -1.95. The van der Waals surface area contributed by atoms with Gasteiger partial charge in [-0.1, -0.05) is 0 Å². The van der Waals surface area contributed by atoms with Crippen LogP contribution in [0.4, 0.5) is 0 Å². The molecular formula is C8H8O6. The lowest BCUT2D eigenvalue weighted by atomic mass is 10.1. The highest BCUT2D eigenvalue weighted by Gasteiger charge is 2.17. The van der Waals surface area contributed by atoms with Crippen molar-refractivity contribution in [3.05, 3.63) is 11.6 Å². The molecule has 0 aromatic rings. The third-order valence-electron chi connectivity index (χ3n) is 1.34. The molecule has 0 amide bonds. The number of carbonyl (C=O) groups excluding carboxylic acids is 2. The molecule has 2 N–H and O–H groups in total. The molecule has 6 heteroatoms. The van der Waals surface area contributed by atoms with Crippen molar-refractivity contribution < 1.29 is 29.4 Å². The monoisotopic (exact) mass is 200 g/mol. The fourth-order valence-electron chi connectivity index (χ4n) is 0.627. The minimum atomic E-state index is -1.71. The van der Waals surface area contributed by atoms with Crippen LogP contribution in [0, 0.1) is 0 Å². The molecule has 0 atom stereocenters. The highest BCUT2D eigenvalue weighted by molar-refractivity contribution is 6.37. The lowest BCUT2D eigenvalue weighted by Crippen LogP contribution is -2.17. The highest BCUT2D eigenvalue weighted by Crippen LogP contribution is 1.99. The number of allylic oxidation sites excluding steroid dienone is 1. The second kappa shape index (κ2) is 4.90. The Kier molecular flexibility index (Phi) is 4.21. The first kappa shape index (κ1) is 12.0. The Hall–Kier alpha value is -1.98. The Morgan fingerprint density at radius 2 is 1.57 bits per heavy atom. The first-order chi connectivity index (χ1) is 6.34. The maximum absolute atomic E-state index is 11.0. The predicted molar refractivity (Wildman–Crippen MR) is 43.7 cm³/mol. The molecule has 0 spiro atoms. The number of hydrogen-bond acceptors (Lipinski definition) is 4. The molecule has 0 aromatic heterocycles. The van der Waals surface area contributed by atoms with E-state index in [4.69, 9.17) is 10.2 Å². The first-order valence-corrected chi connectivity index (χ1v) is 3.55. The van der Waals surface area contributed by atoms with E-state index in [2.05, 4.69) is 0 Å². The number of carboxylic acid groups (broad SMARTS) is 2. The maximum atomic E-state index is 11.0. The molecule has 0 aliphatic rings. The van der Waals surface area contributed by atoms with E-state index in [1.165, 1.54) is 6.92 Å². The standard InChI is InChI=1S/C8H8O6/c1-4(2-7(11)12)5(9)3-6(10)8(13)14/h2H,3H2,1H3,(H,11,12)(H,13,14)/b4-2+. The van der Waals surface area contributed by atoms with Gasteiger partial charge in [0, 0.05) is 6.08 Å². The van der Waals surface area contributed by atoms with Gasteiger partial charge >= 0.3 is 11.9 Å². The van der Waals surface area contributed by atoms with Gasteiger partial charge in [-0.15, -0.1) is 0 Å². The Balaban J connectivity index is 4.44. The minimum absolute atomic E-state index is 0.160. The van der Waals surface area contributed by atoms with E-state index in [0.717, 1.165) is 0 Å². The van der Waals surface area contributed by atoms with Gasteiger partial charge in [-0.05, 0) is 12.5 Å². The molecule has 14 heavy (non-hydrogen) atoms. The molecule has 0 aliphatic heterocycles. The molecular weight excluding hydrogens is 192 g/mol. The molecule has 0 aliphatic carbocycles. The highest BCUT2D eigenvalue weighted by atomic mass is 16.4. The second-order valence-electron chi connectivity index (χ2n) is 2.49. The number of hydrogen-bond donors (Lipinski definition) is 2. The number of rotatable bonds is 5. The van der Waals surface area contributed by atoms with Gasteiger partial charge < -0.3 is 10.2 Å². The van der Waals surface area contributed by atoms with Gasteiger partial charge in [0.1, 0.15) is 0 Å². The van der Waals surface area contributed by atoms with Gasteiger partial charge in [-0.25, -0.2) is 9.59 Å². The summed E-state index contributed by atoms with van der Waals surface area (Å²) in [4.78, 5) is 41.7. The van der Waals surface area contributed by atoms with Crippen molar-refractivity contribution in [3.8, 4) is 0 Å². The zero-order valence-electron chi connectivity index (χ0n) is 7.31. The summed E-state index contributed by atoms with van der Waals surface area (Å²) >= 11 is 0. The van der Waals surface area contributed by atoms with E-state index in [-0.39, 0.29) is 5.57 Å². The molecule has 0 saturated carbocycles. The van der Waals surface area contributed by atoms with Crippen LogP contribution in [0.2, 0.25) is 0 Å². The fourth-order valence-corrected chi connectivity index (χ4v) is 0.627. The number of ketones is 2.